The molecule has 1 aliphatic heterocycles. The minimum absolute atomic E-state index is 0.0570. The van der Waals surface area contributed by atoms with Crippen molar-refractivity contribution >= 4 is 17.4 Å². The van der Waals surface area contributed by atoms with Crippen LogP contribution in [0, 0.1) is 28.8 Å². The van der Waals surface area contributed by atoms with E-state index in [1.165, 1.54) is 18.2 Å². The van der Waals surface area contributed by atoms with Crippen molar-refractivity contribution in [2.75, 3.05) is 16.8 Å². The number of carbonyl (C=O) groups is 1. The summed E-state index contributed by atoms with van der Waals surface area (Å²) >= 11 is 0. The molecule has 1 saturated carbocycles. The molecule has 1 amide bonds. The highest BCUT2D eigenvalue weighted by Gasteiger charge is 2.46. The van der Waals surface area contributed by atoms with E-state index in [2.05, 4.69) is 10.3 Å². The van der Waals surface area contributed by atoms with E-state index in [1.54, 1.807) is 0 Å². The van der Waals surface area contributed by atoms with Crippen LogP contribution in [0.15, 0.2) is 24.3 Å². The largest absolute Gasteiger partial charge is 0.365 e. The zero-order valence-corrected chi connectivity index (χ0v) is 16.7. The molecule has 4 rings (SSSR count). The predicted molar refractivity (Wildman–Crippen MR) is 105 cm³/mol. The van der Waals surface area contributed by atoms with E-state index >= 15 is 0 Å². The van der Waals surface area contributed by atoms with Gasteiger partial charge >= 0.3 is 0 Å². The molecule has 1 aliphatic carbocycles. The lowest BCUT2D eigenvalue weighted by Gasteiger charge is -2.31. The highest BCUT2D eigenvalue weighted by atomic mass is 19.1. The fourth-order valence-electron chi connectivity index (χ4n) is 3.94. The summed E-state index contributed by atoms with van der Waals surface area (Å²) in [4.78, 5) is 18.5. The van der Waals surface area contributed by atoms with Gasteiger partial charge in [0.05, 0.1) is 11.4 Å². The van der Waals surface area contributed by atoms with E-state index in [9.17, 15) is 18.0 Å². The molecule has 1 aromatic carbocycles. The van der Waals surface area contributed by atoms with E-state index in [0.717, 1.165) is 18.2 Å². The summed E-state index contributed by atoms with van der Waals surface area (Å²) in [6, 6.07) is 4.85. The van der Waals surface area contributed by atoms with Crippen molar-refractivity contribution in [1.82, 2.24) is 4.98 Å². The van der Waals surface area contributed by atoms with Crippen molar-refractivity contribution in [3.63, 3.8) is 0 Å². The maximum atomic E-state index is 14.7. The number of aromatic nitrogens is 1. The van der Waals surface area contributed by atoms with Gasteiger partial charge in [-0.25, -0.2) is 18.2 Å². The molecule has 154 valence electrons. The second-order valence-corrected chi connectivity index (χ2v) is 9.23. The summed E-state index contributed by atoms with van der Waals surface area (Å²) in [6.45, 7) is 6.68. The Kier molecular flexibility index (Phi) is 4.79. The second-order valence-electron chi connectivity index (χ2n) is 9.23. The first-order chi connectivity index (χ1) is 13.6. The van der Waals surface area contributed by atoms with E-state index < -0.39 is 17.5 Å². The lowest BCUT2D eigenvalue weighted by atomic mass is 9.92. The topological polar surface area (TPSA) is 45.2 Å². The first-order valence-corrected chi connectivity index (χ1v) is 9.80. The van der Waals surface area contributed by atoms with Gasteiger partial charge in [-0.05, 0) is 23.8 Å². The van der Waals surface area contributed by atoms with Gasteiger partial charge in [0.1, 0.15) is 11.6 Å². The van der Waals surface area contributed by atoms with E-state index in [0.29, 0.717) is 23.7 Å². The number of hydrogen-bond donors (Lipinski definition) is 1. The molecule has 0 bridgehead atoms. The zero-order valence-electron chi connectivity index (χ0n) is 16.7. The number of rotatable bonds is 4. The Hall–Kier alpha value is -2.57. The molecule has 2 heterocycles. The Morgan fingerprint density at radius 3 is 2.66 bits per heavy atom. The molecule has 1 aromatic heterocycles. The van der Waals surface area contributed by atoms with Crippen LogP contribution in [0.2, 0.25) is 0 Å². The van der Waals surface area contributed by atoms with Crippen LogP contribution >= 0.6 is 0 Å². The highest BCUT2D eigenvalue weighted by Crippen LogP contribution is 2.54. The molecule has 1 N–H and O–H groups in total. The van der Waals surface area contributed by atoms with Crippen LogP contribution in [0.5, 0.6) is 0 Å². The summed E-state index contributed by atoms with van der Waals surface area (Å²) < 4.78 is 42.0. The number of nitrogens with zero attached hydrogens (tertiary/aromatic N) is 2. The summed E-state index contributed by atoms with van der Waals surface area (Å²) in [5, 5.41) is 2.59. The molecule has 7 heteroatoms. The number of anilines is 2. The van der Waals surface area contributed by atoms with Crippen molar-refractivity contribution in [2.24, 2.45) is 11.3 Å². The summed E-state index contributed by atoms with van der Waals surface area (Å²) in [7, 11) is 0. The van der Waals surface area contributed by atoms with Gasteiger partial charge < -0.3 is 10.2 Å². The molecule has 2 aliphatic rings. The van der Waals surface area contributed by atoms with Gasteiger partial charge in [-0.3, -0.25) is 4.79 Å². The number of fused-ring (bicyclic) bond motifs is 3. The summed E-state index contributed by atoms with van der Waals surface area (Å²) in [6.07, 6.45) is 1.19. The Labute approximate surface area is 168 Å². The number of benzene rings is 1. The van der Waals surface area contributed by atoms with Crippen LogP contribution in [-0.4, -0.2) is 17.4 Å². The van der Waals surface area contributed by atoms with Crippen LogP contribution in [0.25, 0.3) is 0 Å². The van der Waals surface area contributed by atoms with Crippen LogP contribution in [0.4, 0.5) is 24.7 Å². The fraction of sp³-hybridized carbons (Fsp3) is 0.455. The number of amides is 1. The first-order valence-electron chi connectivity index (χ1n) is 9.80. The average molecular weight is 403 g/mol. The first kappa shape index (κ1) is 19.7. The smallest absolute Gasteiger partial charge is 0.226 e. The molecule has 0 spiro atoms. The molecule has 2 aromatic rings. The quantitative estimate of drug-likeness (QED) is 0.782. The van der Waals surface area contributed by atoms with Crippen LogP contribution in [0.1, 0.15) is 50.8 Å². The third-order valence-corrected chi connectivity index (χ3v) is 5.38. The molecule has 1 fully saturated rings. The molecule has 2 unspecified atom stereocenters. The van der Waals surface area contributed by atoms with Crippen molar-refractivity contribution in [1.29, 1.82) is 0 Å². The Morgan fingerprint density at radius 1 is 1.21 bits per heavy atom. The normalized spacial score (nSPS) is 20.1. The molecule has 0 radical (unpaired) electrons. The van der Waals surface area contributed by atoms with Gasteiger partial charge in [0.2, 0.25) is 5.91 Å². The Bertz CT molecular complexity index is 971. The molecular weight excluding hydrogens is 379 g/mol. The van der Waals surface area contributed by atoms with Crippen molar-refractivity contribution in [3.8, 4) is 0 Å². The molecule has 2 atom stereocenters. The van der Waals surface area contributed by atoms with Gasteiger partial charge in [-0.2, -0.15) is 0 Å². The third kappa shape index (κ3) is 4.23. The molecule has 29 heavy (non-hydrogen) atoms. The van der Waals surface area contributed by atoms with Gasteiger partial charge in [-0.15, -0.1) is 0 Å². The number of nitrogens with one attached hydrogen (secondary N) is 1. The summed E-state index contributed by atoms with van der Waals surface area (Å²) in [5.41, 5.74) is 1.47. The zero-order chi connectivity index (χ0) is 20.9. The van der Waals surface area contributed by atoms with Crippen molar-refractivity contribution < 1.29 is 18.0 Å². The standard InChI is InChI=1S/C22H24F3N3O/c1-22(2,3)9-19(29)26-21-17(25)8-18-20(27-21)15-6-13(15)11-28(18)10-12-4-5-14(23)7-16(12)24/h4-5,7-8,13,15H,6,9-11H2,1-3H3,(H,26,27,29). The van der Waals surface area contributed by atoms with Crippen molar-refractivity contribution in [3.05, 3.63) is 53.0 Å². The third-order valence-electron chi connectivity index (χ3n) is 5.38. The number of hydrogen-bond acceptors (Lipinski definition) is 3. The number of pyridine rings is 1. The average Bonchev–Trinajstić information content (AvgIpc) is 3.36. The monoisotopic (exact) mass is 403 g/mol. The number of carbonyl (C=O) groups excluding carboxylic acids is 1. The fourth-order valence-corrected chi connectivity index (χ4v) is 3.94. The van der Waals surface area contributed by atoms with Crippen molar-refractivity contribution in [2.45, 2.75) is 46.1 Å². The van der Waals surface area contributed by atoms with E-state index in [1.807, 2.05) is 25.7 Å². The minimum atomic E-state index is -0.629. The lowest BCUT2D eigenvalue weighted by Crippen LogP contribution is -2.31. The van der Waals surface area contributed by atoms with Gasteiger partial charge in [-0.1, -0.05) is 26.8 Å². The Balaban J connectivity index is 1.60. The second kappa shape index (κ2) is 7.04. The minimum Gasteiger partial charge on any atom is -0.365 e. The number of halogens is 3. The van der Waals surface area contributed by atoms with E-state index in [4.69, 9.17) is 0 Å². The SMILES string of the molecule is CC(C)(C)CC(=O)Nc1nc2c(cc1F)N(Cc1ccc(F)cc1F)CC1CC21. The maximum Gasteiger partial charge on any atom is 0.226 e. The highest BCUT2D eigenvalue weighted by molar-refractivity contribution is 5.90. The molecule has 4 nitrogen and oxygen atoms in total. The van der Waals surface area contributed by atoms with Crippen LogP contribution < -0.4 is 10.2 Å². The molecule has 0 saturated heterocycles. The lowest BCUT2D eigenvalue weighted by molar-refractivity contribution is -0.117. The van der Waals surface area contributed by atoms with Gasteiger partial charge in [0, 0.05) is 43.1 Å². The van der Waals surface area contributed by atoms with Gasteiger partial charge in [0.25, 0.3) is 0 Å². The van der Waals surface area contributed by atoms with Crippen LogP contribution in [-0.2, 0) is 11.3 Å². The Morgan fingerprint density at radius 2 is 1.97 bits per heavy atom. The van der Waals surface area contributed by atoms with Crippen LogP contribution in [0.3, 0.4) is 0 Å². The summed E-state index contributed by atoms with van der Waals surface area (Å²) in [5.74, 6) is -1.59. The van der Waals surface area contributed by atoms with E-state index in [-0.39, 0.29) is 36.0 Å². The maximum absolute atomic E-state index is 14.7. The molecular formula is C22H24F3N3O. The predicted octanol–water partition coefficient (Wildman–Crippen LogP) is 5.00. The van der Waals surface area contributed by atoms with Gasteiger partial charge in [0.15, 0.2) is 11.6 Å².